The number of rotatable bonds is 8. The van der Waals surface area contributed by atoms with Gasteiger partial charge >= 0.3 is 0 Å². The van der Waals surface area contributed by atoms with Gasteiger partial charge in [-0.2, -0.15) is 10.1 Å². The van der Waals surface area contributed by atoms with E-state index in [0.717, 1.165) is 18.4 Å². The number of benzene rings is 1. The molecule has 2 heterocycles. The van der Waals surface area contributed by atoms with Gasteiger partial charge in [0, 0.05) is 18.9 Å². The Morgan fingerprint density at radius 3 is 2.81 bits per heavy atom. The summed E-state index contributed by atoms with van der Waals surface area (Å²) in [6.07, 6.45) is 6.79. The van der Waals surface area contributed by atoms with Gasteiger partial charge in [0.2, 0.25) is 0 Å². The van der Waals surface area contributed by atoms with Gasteiger partial charge < -0.3 is 10.1 Å². The van der Waals surface area contributed by atoms with Crippen LogP contribution in [-0.4, -0.2) is 38.6 Å². The van der Waals surface area contributed by atoms with Gasteiger partial charge in [-0.3, -0.25) is 4.79 Å². The van der Waals surface area contributed by atoms with Crippen LogP contribution < -0.4 is 10.1 Å². The number of nitrogens with zero attached hydrogens (tertiary/aromatic N) is 4. The van der Waals surface area contributed by atoms with Crippen molar-refractivity contribution >= 4 is 11.7 Å². The number of aryl methyl sites for hydroxylation is 1. The highest BCUT2D eigenvalue weighted by Gasteiger charge is 2.04. The highest BCUT2D eigenvalue weighted by molar-refractivity contribution is 5.77. The maximum Gasteiger partial charge on any atom is 0.257 e. The monoisotopic (exact) mass is 353 g/mol. The lowest BCUT2D eigenvalue weighted by Crippen LogP contribution is -2.29. The highest BCUT2D eigenvalue weighted by Crippen LogP contribution is 2.18. The van der Waals surface area contributed by atoms with E-state index in [1.807, 2.05) is 30.5 Å². The zero-order valence-electron chi connectivity index (χ0n) is 15.1. The standard InChI is InChI=1S/C19H23N5O2/c1-14(2)16-5-7-17(8-6-16)26-12-18(25)20-9-3-4-15-10-21-19-22-13-23-24(19)11-15/h5-8,10-11,13-14H,3-4,9,12H2,1-2H3,(H,20,25). The number of aromatic nitrogens is 4. The number of carbonyl (C=O) groups excluding carboxylic acids is 1. The van der Waals surface area contributed by atoms with Crippen molar-refractivity contribution in [1.82, 2.24) is 24.9 Å². The molecule has 1 N–H and O–H groups in total. The molecule has 0 aliphatic carbocycles. The van der Waals surface area contributed by atoms with Gasteiger partial charge in [0.15, 0.2) is 6.61 Å². The molecule has 3 aromatic rings. The van der Waals surface area contributed by atoms with E-state index in [4.69, 9.17) is 4.74 Å². The van der Waals surface area contributed by atoms with Crippen LogP contribution in [0.15, 0.2) is 43.0 Å². The topological polar surface area (TPSA) is 81.4 Å². The third-order valence-corrected chi connectivity index (χ3v) is 4.07. The number of amides is 1. The van der Waals surface area contributed by atoms with Gasteiger partial charge in [0.1, 0.15) is 12.1 Å². The molecule has 0 saturated carbocycles. The molecular formula is C19H23N5O2. The molecule has 7 nitrogen and oxygen atoms in total. The maximum absolute atomic E-state index is 11.9. The number of hydrogen-bond donors (Lipinski definition) is 1. The Morgan fingerprint density at radius 2 is 2.04 bits per heavy atom. The second kappa shape index (κ2) is 8.42. The molecule has 2 aromatic heterocycles. The van der Waals surface area contributed by atoms with Crippen molar-refractivity contribution < 1.29 is 9.53 Å². The third-order valence-electron chi connectivity index (χ3n) is 4.07. The minimum atomic E-state index is -0.122. The summed E-state index contributed by atoms with van der Waals surface area (Å²) in [4.78, 5) is 20.1. The van der Waals surface area contributed by atoms with E-state index in [1.54, 1.807) is 10.7 Å². The normalized spacial score (nSPS) is 11.0. The van der Waals surface area contributed by atoms with Gasteiger partial charge in [0.05, 0.1) is 0 Å². The zero-order valence-corrected chi connectivity index (χ0v) is 15.1. The summed E-state index contributed by atoms with van der Waals surface area (Å²) in [5.74, 6) is 1.65. The van der Waals surface area contributed by atoms with Crippen molar-refractivity contribution in [2.45, 2.75) is 32.6 Å². The molecule has 0 saturated heterocycles. The molecule has 0 bridgehead atoms. The minimum Gasteiger partial charge on any atom is -0.484 e. The fourth-order valence-electron chi connectivity index (χ4n) is 2.56. The van der Waals surface area contributed by atoms with Crippen molar-refractivity contribution in [2.75, 3.05) is 13.2 Å². The molecule has 0 spiro atoms. The molecule has 0 aliphatic heterocycles. The van der Waals surface area contributed by atoms with E-state index in [9.17, 15) is 4.79 Å². The van der Waals surface area contributed by atoms with Gasteiger partial charge in [-0.05, 0) is 42.0 Å². The molecule has 0 aliphatic rings. The van der Waals surface area contributed by atoms with Crippen LogP contribution in [0.2, 0.25) is 0 Å². The lowest BCUT2D eigenvalue weighted by atomic mass is 10.0. The molecule has 1 amide bonds. The van der Waals surface area contributed by atoms with Gasteiger partial charge in [-0.25, -0.2) is 9.50 Å². The van der Waals surface area contributed by atoms with Crippen molar-refractivity contribution in [3.8, 4) is 5.75 Å². The molecule has 7 heteroatoms. The van der Waals surface area contributed by atoms with Crippen LogP contribution >= 0.6 is 0 Å². The smallest absolute Gasteiger partial charge is 0.257 e. The molecule has 1 aromatic carbocycles. The number of ether oxygens (including phenoxy) is 1. The number of nitrogens with one attached hydrogen (secondary N) is 1. The van der Waals surface area contributed by atoms with E-state index in [-0.39, 0.29) is 12.5 Å². The number of hydrogen-bond acceptors (Lipinski definition) is 5. The van der Waals surface area contributed by atoms with Crippen LogP contribution in [0.4, 0.5) is 0 Å². The first-order valence-corrected chi connectivity index (χ1v) is 8.75. The molecule has 0 radical (unpaired) electrons. The Bertz CT molecular complexity index is 858. The van der Waals surface area contributed by atoms with Crippen LogP contribution in [0.25, 0.3) is 5.78 Å². The van der Waals surface area contributed by atoms with E-state index in [2.05, 4.69) is 34.2 Å². The fraction of sp³-hybridized carbons (Fsp3) is 0.368. The summed E-state index contributed by atoms with van der Waals surface area (Å²) in [7, 11) is 0. The Hall–Kier alpha value is -2.96. The van der Waals surface area contributed by atoms with Crippen molar-refractivity contribution in [2.24, 2.45) is 0 Å². The van der Waals surface area contributed by atoms with Gasteiger partial charge in [-0.1, -0.05) is 26.0 Å². The first kappa shape index (κ1) is 17.8. The Kier molecular flexibility index (Phi) is 5.78. The average Bonchev–Trinajstić information content (AvgIpc) is 3.11. The van der Waals surface area contributed by atoms with E-state index in [1.165, 1.54) is 11.9 Å². The first-order valence-electron chi connectivity index (χ1n) is 8.75. The van der Waals surface area contributed by atoms with Crippen molar-refractivity contribution in [3.63, 3.8) is 0 Å². The Balaban J connectivity index is 1.36. The zero-order chi connectivity index (χ0) is 18.4. The predicted molar refractivity (Wildman–Crippen MR) is 98.1 cm³/mol. The number of fused-ring (bicyclic) bond motifs is 1. The van der Waals surface area contributed by atoms with Crippen molar-refractivity contribution in [3.05, 3.63) is 54.1 Å². The Morgan fingerprint density at radius 1 is 1.23 bits per heavy atom. The molecule has 3 rings (SSSR count). The second-order valence-corrected chi connectivity index (χ2v) is 6.43. The summed E-state index contributed by atoms with van der Waals surface area (Å²) in [6, 6.07) is 7.85. The van der Waals surface area contributed by atoms with Gasteiger partial charge in [-0.15, -0.1) is 0 Å². The lowest BCUT2D eigenvalue weighted by Gasteiger charge is -2.09. The molecule has 26 heavy (non-hydrogen) atoms. The summed E-state index contributed by atoms with van der Waals surface area (Å²) in [6.45, 7) is 4.89. The molecule has 136 valence electrons. The van der Waals surface area contributed by atoms with Crippen molar-refractivity contribution in [1.29, 1.82) is 0 Å². The quantitative estimate of drug-likeness (QED) is 0.629. The lowest BCUT2D eigenvalue weighted by molar-refractivity contribution is -0.123. The molecule has 0 unspecified atom stereocenters. The number of carbonyl (C=O) groups is 1. The molecule has 0 fully saturated rings. The average molecular weight is 353 g/mol. The second-order valence-electron chi connectivity index (χ2n) is 6.43. The largest absolute Gasteiger partial charge is 0.484 e. The predicted octanol–water partition coefficient (Wildman–Crippen LogP) is 2.38. The first-order chi connectivity index (χ1) is 12.6. The summed E-state index contributed by atoms with van der Waals surface area (Å²) in [5.41, 5.74) is 2.30. The van der Waals surface area contributed by atoms with Gasteiger partial charge in [0.25, 0.3) is 11.7 Å². The minimum absolute atomic E-state index is 0.0213. The summed E-state index contributed by atoms with van der Waals surface area (Å²) >= 11 is 0. The van der Waals surface area contributed by atoms with Crippen LogP contribution in [-0.2, 0) is 11.2 Å². The third kappa shape index (κ3) is 4.78. The van der Waals surface area contributed by atoms with Crippen LogP contribution in [0.5, 0.6) is 5.75 Å². The van der Waals surface area contributed by atoms with Crippen LogP contribution in [0, 0.1) is 0 Å². The SMILES string of the molecule is CC(C)c1ccc(OCC(=O)NCCCc2cnc3ncnn3c2)cc1. The molecular weight excluding hydrogens is 330 g/mol. The fourth-order valence-corrected chi connectivity index (χ4v) is 2.56. The van der Waals surface area contributed by atoms with E-state index < -0.39 is 0 Å². The van der Waals surface area contributed by atoms with E-state index >= 15 is 0 Å². The van der Waals surface area contributed by atoms with Crippen LogP contribution in [0.3, 0.4) is 0 Å². The summed E-state index contributed by atoms with van der Waals surface area (Å²) < 4.78 is 7.16. The highest BCUT2D eigenvalue weighted by atomic mass is 16.5. The summed E-state index contributed by atoms with van der Waals surface area (Å²) in [5, 5.41) is 6.93. The molecule has 0 atom stereocenters. The van der Waals surface area contributed by atoms with Crippen LogP contribution in [0.1, 0.15) is 37.3 Å². The maximum atomic E-state index is 11.9. The van der Waals surface area contributed by atoms with E-state index in [0.29, 0.717) is 24.0 Å². The Labute approximate surface area is 152 Å².